The molecule has 0 bridgehead atoms. The number of ether oxygens (including phenoxy) is 3. The first-order valence-corrected chi connectivity index (χ1v) is 9.16. The van der Waals surface area contributed by atoms with E-state index in [1.54, 1.807) is 6.07 Å². The normalized spacial score (nSPS) is 10.5. The molecule has 1 aromatic heterocycles. The Morgan fingerprint density at radius 1 is 1.11 bits per heavy atom. The van der Waals surface area contributed by atoms with Gasteiger partial charge in [0.05, 0.1) is 39.9 Å². The van der Waals surface area contributed by atoms with Crippen molar-refractivity contribution in [3.63, 3.8) is 0 Å². The minimum absolute atomic E-state index is 0.00381. The molecule has 2 aromatic rings. The summed E-state index contributed by atoms with van der Waals surface area (Å²) < 4.78 is 42.0. The van der Waals surface area contributed by atoms with Crippen molar-refractivity contribution in [3.8, 4) is 23.6 Å². The first-order valence-electron chi connectivity index (χ1n) is 7.67. The number of methoxy groups -OCH3 is 3. The predicted octanol–water partition coefficient (Wildman–Crippen LogP) is 1.08. The Morgan fingerprint density at radius 3 is 2.29 bits per heavy atom. The van der Waals surface area contributed by atoms with Gasteiger partial charge in [0.15, 0.2) is 0 Å². The van der Waals surface area contributed by atoms with Gasteiger partial charge in [0, 0.05) is 0 Å². The molecule has 0 atom stereocenters. The number of nitriles is 1. The smallest absolute Gasteiger partial charge is 0.335 e. The van der Waals surface area contributed by atoms with Crippen LogP contribution in [0.25, 0.3) is 0 Å². The maximum absolute atomic E-state index is 12.6. The van der Waals surface area contributed by atoms with E-state index < -0.39 is 16.1 Å². The molecule has 0 unspecified atom stereocenters. The SMILES string of the molecule is COc1cc(OC)nc(NC(=O)NS(=O)(=O)c2cc(CC#N)ccc2OC)n1. The zero-order valence-electron chi connectivity index (χ0n) is 15.2. The van der Waals surface area contributed by atoms with Gasteiger partial charge in [0.1, 0.15) is 10.6 Å². The summed E-state index contributed by atoms with van der Waals surface area (Å²) in [6.07, 6.45) is -0.00381. The highest BCUT2D eigenvalue weighted by Crippen LogP contribution is 2.25. The third kappa shape index (κ3) is 4.98. The molecule has 1 heterocycles. The topological polar surface area (TPSA) is 153 Å². The lowest BCUT2D eigenvalue weighted by molar-refractivity contribution is 0.256. The highest BCUT2D eigenvalue weighted by atomic mass is 32.2. The Kier molecular flexibility index (Phi) is 6.56. The van der Waals surface area contributed by atoms with E-state index in [-0.39, 0.29) is 34.8 Å². The average molecular weight is 407 g/mol. The molecule has 148 valence electrons. The van der Waals surface area contributed by atoms with Gasteiger partial charge in [-0.05, 0) is 17.7 Å². The van der Waals surface area contributed by atoms with Gasteiger partial charge in [-0.2, -0.15) is 15.2 Å². The highest BCUT2D eigenvalue weighted by molar-refractivity contribution is 7.90. The standard InChI is InChI=1S/C16H17N5O6S/c1-25-11-5-4-10(6-7-17)8-12(11)28(23,24)21-16(22)20-15-18-13(26-2)9-14(19-15)27-3/h4-5,8-9H,6H2,1-3H3,(H2,18,19,20,21,22). The maximum atomic E-state index is 12.6. The second-order valence-electron chi connectivity index (χ2n) is 5.16. The van der Waals surface area contributed by atoms with E-state index in [0.29, 0.717) is 5.56 Å². The molecule has 0 radical (unpaired) electrons. The minimum Gasteiger partial charge on any atom is -0.495 e. The summed E-state index contributed by atoms with van der Waals surface area (Å²) in [4.78, 5) is 19.6. The first kappa shape index (κ1) is 20.7. The Hall–Kier alpha value is -3.59. The molecule has 2 rings (SSSR count). The summed E-state index contributed by atoms with van der Waals surface area (Å²) >= 11 is 0. The molecule has 11 nitrogen and oxygen atoms in total. The van der Waals surface area contributed by atoms with Gasteiger partial charge in [-0.1, -0.05) is 6.07 Å². The van der Waals surface area contributed by atoms with Crippen LogP contribution in [0.3, 0.4) is 0 Å². The summed E-state index contributed by atoms with van der Waals surface area (Å²) in [5, 5.41) is 11.0. The van der Waals surface area contributed by atoms with Gasteiger partial charge in [-0.25, -0.2) is 17.9 Å². The van der Waals surface area contributed by atoms with Crippen molar-refractivity contribution < 1.29 is 27.4 Å². The molecule has 0 saturated carbocycles. The zero-order chi connectivity index (χ0) is 20.7. The molecule has 12 heteroatoms. The van der Waals surface area contributed by atoms with E-state index in [1.165, 1.54) is 39.5 Å². The first-order chi connectivity index (χ1) is 13.3. The maximum Gasteiger partial charge on any atom is 0.335 e. The van der Waals surface area contributed by atoms with Crippen LogP contribution in [-0.4, -0.2) is 45.7 Å². The lowest BCUT2D eigenvalue weighted by Crippen LogP contribution is -2.35. The van der Waals surface area contributed by atoms with Crippen LogP contribution in [0.5, 0.6) is 17.5 Å². The number of aromatic nitrogens is 2. The number of rotatable bonds is 7. The van der Waals surface area contributed by atoms with Gasteiger partial charge in [-0.3, -0.25) is 5.32 Å². The van der Waals surface area contributed by atoms with Crippen LogP contribution in [0.4, 0.5) is 10.7 Å². The molecule has 2 amide bonds. The Balaban J connectivity index is 2.26. The predicted molar refractivity (Wildman–Crippen MR) is 96.8 cm³/mol. The third-order valence-electron chi connectivity index (χ3n) is 3.35. The van der Waals surface area contributed by atoms with E-state index in [1.807, 2.05) is 10.8 Å². The molecule has 0 spiro atoms. The van der Waals surface area contributed by atoms with Gasteiger partial charge < -0.3 is 14.2 Å². The van der Waals surface area contributed by atoms with Crippen molar-refractivity contribution in [2.24, 2.45) is 0 Å². The monoisotopic (exact) mass is 407 g/mol. The number of hydrogen-bond donors (Lipinski definition) is 2. The van der Waals surface area contributed by atoms with Crippen molar-refractivity contribution >= 4 is 22.0 Å². The number of hydrogen-bond acceptors (Lipinski definition) is 9. The number of nitrogens with one attached hydrogen (secondary N) is 2. The second kappa shape index (κ2) is 8.87. The summed E-state index contributed by atoms with van der Waals surface area (Å²) in [6.45, 7) is 0. The summed E-state index contributed by atoms with van der Waals surface area (Å²) in [5.41, 5.74) is 0.449. The van der Waals surface area contributed by atoms with Crippen LogP contribution < -0.4 is 24.2 Å². The van der Waals surface area contributed by atoms with Crippen LogP contribution in [0.2, 0.25) is 0 Å². The van der Waals surface area contributed by atoms with Gasteiger partial charge in [0.2, 0.25) is 17.7 Å². The van der Waals surface area contributed by atoms with E-state index in [2.05, 4.69) is 15.3 Å². The molecule has 0 aliphatic heterocycles. The number of amides is 2. The Morgan fingerprint density at radius 2 is 1.75 bits per heavy atom. The number of urea groups is 1. The van der Waals surface area contributed by atoms with Crippen LogP contribution in [0, 0.1) is 11.3 Å². The Labute approximate surface area is 161 Å². The fourth-order valence-electron chi connectivity index (χ4n) is 2.11. The molecule has 28 heavy (non-hydrogen) atoms. The largest absolute Gasteiger partial charge is 0.495 e. The van der Waals surface area contributed by atoms with Crippen LogP contribution in [-0.2, 0) is 16.4 Å². The molecule has 1 aromatic carbocycles. The number of sulfonamides is 1. The lowest BCUT2D eigenvalue weighted by Gasteiger charge is -2.12. The fraction of sp³-hybridized carbons (Fsp3) is 0.250. The molecular formula is C16H17N5O6S. The molecule has 2 N–H and O–H groups in total. The van der Waals surface area contributed by atoms with Crippen molar-refractivity contribution in [1.82, 2.24) is 14.7 Å². The minimum atomic E-state index is -4.31. The molecule has 0 aliphatic carbocycles. The second-order valence-corrected chi connectivity index (χ2v) is 6.81. The molecule has 0 aliphatic rings. The Bertz CT molecular complexity index is 996. The van der Waals surface area contributed by atoms with Gasteiger partial charge >= 0.3 is 6.03 Å². The summed E-state index contributed by atoms with van der Waals surface area (Å²) in [7, 11) is -0.307. The summed E-state index contributed by atoms with van der Waals surface area (Å²) in [5.74, 6) is 0.00199. The fourth-order valence-corrected chi connectivity index (χ4v) is 3.23. The van der Waals surface area contributed by atoms with Crippen LogP contribution in [0.15, 0.2) is 29.2 Å². The van der Waals surface area contributed by atoms with Crippen LogP contribution in [0.1, 0.15) is 5.56 Å². The van der Waals surface area contributed by atoms with Crippen molar-refractivity contribution in [2.75, 3.05) is 26.6 Å². The van der Waals surface area contributed by atoms with Crippen molar-refractivity contribution in [2.45, 2.75) is 11.3 Å². The molecule has 0 saturated heterocycles. The summed E-state index contributed by atoms with van der Waals surface area (Å²) in [6, 6.07) is 6.40. The van der Waals surface area contributed by atoms with Crippen molar-refractivity contribution in [1.29, 1.82) is 5.26 Å². The quantitative estimate of drug-likeness (QED) is 0.686. The molecule has 0 fully saturated rings. The van der Waals surface area contributed by atoms with E-state index in [9.17, 15) is 13.2 Å². The van der Waals surface area contributed by atoms with Gasteiger partial charge in [0.25, 0.3) is 10.0 Å². The van der Waals surface area contributed by atoms with Crippen LogP contribution >= 0.6 is 0 Å². The van der Waals surface area contributed by atoms with Crippen molar-refractivity contribution in [3.05, 3.63) is 29.8 Å². The lowest BCUT2D eigenvalue weighted by atomic mass is 10.2. The third-order valence-corrected chi connectivity index (χ3v) is 4.70. The number of benzene rings is 1. The number of anilines is 1. The van der Waals surface area contributed by atoms with E-state index >= 15 is 0 Å². The number of nitrogens with zero attached hydrogens (tertiary/aromatic N) is 3. The molecular weight excluding hydrogens is 390 g/mol. The number of carbonyl (C=O) groups is 1. The highest BCUT2D eigenvalue weighted by Gasteiger charge is 2.23. The van der Waals surface area contributed by atoms with E-state index in [0.717, 1.165) is 0 Å². The van der Waals surface area contributed by atoms with Gasteiger partial charge in [-0.15, -0.1) is 0 Å². The average Bonchev–Trinajstić information content (AvgIpc) is 2.67. The zero-order valence-corrected chi connectivity index (χ0v) is 16.0. The van der Waals surface area contributed by atoms with E-state index in [4.69, 9.17) is 19.5 Å². The number of carbonyl (C=O) groups excluding carboxylic acids is 1.